The number of aryl methyl sites for hydroxylation is 1. The maximum atomic E-state index is 5.95. The Bertz CT molecular complexity index is 519. The fourth-order valence-electron chi connectivity index (χ4n) is 2.41. The second-order valence-electron chi connectivity index (χ2n) is 4.84. The minimum absolute atomic E-state index is 0.370. The molecule has 2 heteroatoms. The van der Waals surface area contributed by atoms with E-state index in [4.69, 9.17) is 10.5 Å². The SMILES string of the molecule is COc1ccc(CC(CN)c2ccccc2C)cc1. The molecule has 0 bridgehead atoms. The summed E-state index contributed by atoms with van der Waals surface area (Å²) in [5, 5.41) is 0. The zero-order chi connectivity index (χ0) is 13.7. The Morgan fingerprint density at radius 2 is 1.74 bits per heavy atom. The summed E-state index contributed by atoms with van der Waals surface area (Å²) in [5.41, 5.74) is 9.90. The maximum Gasteiger partial charge on any atom is 0.118 e. The summed E-state index contributed by atoms with van der Waals surface area (Å²) >= 11 is 0. The summed E-state index contributed by atoms with van der Waals surface area (Å²) in [6, 6.07) is 16.7. The maximum absolute atomic E-state index is 5.95. The van der Waals surface area contributed by atoms with Gasteiger partial charge in [0.2, 0.25) is 0 Å². The molecule has 0 fully saturated rings. The molecule has 0 radical (unpaired) electrons. The van der Waals surface area contributed by atoms with E-state index in [-0.39, 0.29) is 0 Å². The summed E-state index contributed by atoms with van der Waals surface area (Å²) in [6.07, 6.45) is 0.964. The minimum atomic E-state index is 0.370. The van der Waals surface area contributed by atoms with E-state index in [0.717, 1.165) is 12.2 Å². The van der Waals surface area contributed by atoms with Crippen molar-refractivity contribution in [3.63, 3.8) is 0 Å². The molecule has 0 heterocycles. The Balaban J connectivity index is 2.17. The van der Waals surface area contributed by atoms with Gasteiger partial charge in [-0.1, -0.05) is 36.4 Å². The molecule has 0 aromatic heterocycles. The summed E-state index contributed by atoms with van der Waals surface area (Å²) < 4.78 is 5.18. The van der Waals surface area contributed by atoms with Crippen LogP contribution in [0.3, 0.4) is 0 Å². The molecule has 0 aliphatic carbocycles. The van der Waals surface area contributed by atoms with Gasteiger partial charge in [-0.3, -0.25) is 0 Å². The van der Waals surface area contributed by atoms with E-state index in [1.165, 1.54) is 16.7 Å². The summed E-state index contributed by atoms with van der Waals surface area (Å²) in [4.78, 5) is 0. The molecule has 0 saturated carbocycles. The molecule has 100 valence electrons. The second-order valence-corrected chi connectivity index (χ2v) is 4.84. The molecule has 2 rings (SSSR count). The van der Waals surface area contributed by atoms with Crippen LogP contribution in [-0.4, -0.2) is 13.7 Å². The van der Waals surface area contributed by atoms with Crippen molar-refractivity contribution in [2.45, 2.75) is 19.3 Å². The monoisotopic (exact) mass is 255 g/mol. The lowest BCUT2D eigenvalue weighted by molar-refractivity contribution is 0.414. The van der Waals surface area contributed by atoms with Crippen molar-refractivity contribution in [3.8, 4) is 5.75 Å². The van der Waals surface area contributed by atoms with E-state index in [1.807, 2.05) is 12.1 Å². The van der Waals surface area contributed by atoms with E-state index in [2.05, 4.69) is 43.3 Å². The first-order valence-corrected chi connectivity index (χ1v) is 6.63. The van der Waals surface area contributed by atoms with Crippen LogP contribution in [0.25, 0.3) is 0 Å². The van der Waals surface area contributed by atoms with Crippen LogP contribution in [-0.2, 0) is 6.42 Å². The first-order chi connectivity index (χ1) is 9.24. The molecular weight excluding hydrogens is 234 g/mol. The number of rotatable bonds is 5. The Morgan fingerprint density at radius 1 is 1.05 bits per heavy atom. The molecule has 0 saturated heterocycles. The van der Waals surface area contributed by atoms with Gasteiger partial charge >= 0.3 is 0 Å². The largest absolute Gasteiger partial charge is 0.497 e. The van der Waals surface area contributed by atoms with E-state index in [1.54, 1.807) is 7.11 Å². The van der Waals surface area contributed by atoms with Crippen molar-refractivity contribution in [1.29, 1.82) is 0 Å². The zero-order valence-corrected chi connectivity index (χ0v) is 11.6. The van der Waals surface area contributed by atoms with Gasteiger partial charge in [-0.15, -0.1) is 0 Å². The lowest BCUT2D eigenvalue weighted by Gasteiger charge is -2.18. The van der Waals surface area contributed by atoms with E-state index in [0.29, 0.717) is 12.5 Å². The number of nitrogens with two attached hydrogens (primary N) is 1. The molecule has 2 nitrogen and oxygen atoms in total. The minimum Gasteiger partial charge on any atom is -0.497 e. The van der Waals surface area contributed by atoms with Gasteiger partial charge in [0.05, 0.1) is 7.11 Å². The average Bonchev–Trinajstić information content (AvgIpc) is 2.46. The molecule has 0 amide bonds. The molecule has 1 unspecified atom stereocenters. The Hall–Kier alpha value is -1.80. The third kappa shape index (κ3) is 3.36. The number of methoxy groups -OCH3 is 1. The smallest absolute Gasteiger partial charge is 0.118 e. The van der Waals surface area contributed by atoms with Crippen LogP contribution in [0, 0.1) is 6.92 Å². The molecule has 2 N–H and O–H groups in total. The highest BCUT2D eigenvalue weighted by molar-refractivity contribution is 5.33. The Labute approximate surface area is 115 Å². The average molecular weight is 255 g/mol. The highest BCUT2D eigenvalue weighted by Gasteiger charge is 2.12. The Kier molecular flexibility index (Phi) is 4.58. The van der Waals surface area contributed by atoms with Crippen LogP contribution < -0.4 is 10.5 Å². The van der Waals surface area contributed by atoms with E-state index >= 15 is 0 Å². The molecular formula is C17H21NO. The van der Waals surface area contributed by atoms with Crippen molar-refractivity contribution < 1.29 is 4.74 Å². The van der Waals surface area contributed by atoms with Crippen LogP contribution in [0.4, 0.5) is 0 Å². The molecule has 2 aromatic rings. The van der Waals surface area contributed by atoms with Gasteiger partial charge in [-0.2, -0.15) is 0 Å². The number of ether oxygens (including phenoxy) is 1. The molecule has 19 heavy (non-hydrogen) atoms. The third-order valence-corrected chi connectivity index (χ3v) is 3.55. The first kappa shape index (κ1) is 13.6. The predicted octanol–water partition coefficient (Wildman–Crippen LogP) is 3.29. The number of hydrogen-bond donors (Lipinski definition) is 1. The van der Waals surface area contributed by atoms with Crippen molar-refractivity contribution in [3.05, 3.63) is 65.2 Å². The normalized spacial score (nSPS) is 12.2. The van der Waals surface area contributed by atoms with Gasteiger partial charge in [-0.25, -0.2) is 0 Å². The fraction of sp³-hybridized carbons (Fsp3) is 0.294. The van der Waals surface area contributed by atoms with Crippen LogP contribution in [0.5, 0.6) is 5.75 Å². The molecule has 2 aromatic carbocycles. The zero-order valence-electron chi connectivity index (χ0n) is 11.6. The van der Waals surface area contributed by atoms with Gasteiger partial charge < -0.3 is 10.5 Å². The summed E-state index contributed by atoms with van der Waals surface area (Å²) in [6.45, 7) is 2.81. The summed E-state index contributed by atoms with van der Waals surface area (Å²) in [5.74, 6) is 1.26. The van der Waals surface area contributed by atoms with E-state index in [9.17, 15) is 0 Å². The van der Waals surface area contributed by atoms with Crippen molar-refractivity contribution in [1.82, 2.24) is 0 Å². The van der Waals surface area contributed by atoms with Crippen molar-refractivity contribution in [2.75, 3.05) is 13.7 Å². The highest BCUT2D eigenvalue weighted by atomic mass is 16.5. The molecule has 1 atom stereocenters. The van der Waals surface area contributed by atoms with Gasteiger partial charge in [0.25, 0.3) is 0 Å². The predicted molar refractivity (Wildman–Crippen MR) is 79.7 cm³/mol. The van der Waals surface area contributed by atoms with Crippen LogP contribution >= 0.6 is 0 Å². The first-order valence-electron chi connectivity index (χ1n) is 6.63. The van der Waals surface area contributed by atoms with Gasteiger partial charge in [-0.05, 0) is 48.7 Å². The van der Waals surface area contributed by atoms with Crippen LogP contribution in [0.1, 0.15) is 22.6 Å². The van der Waals surface area contributed by atoms with Crippen molar-refractivity contribution >= 4 is 0 Å². The standard InChI is InChI=1S/C17H21NO/c1-13-5-3-4-6-17(13)15(12-18)11-14-7-9-16(19-2)10-8-14/h3-10,15H,11-12,18H2,1-2H3. The van der Waals surface area contributed by atoms with Gasteiger partial charge in [0.1, 0.15) is 5.75 Å². The Morgan fingerprint density at radius 3 is 2.32 bits per heavy atom. The van der Waals surface area contributed by atoms with Gasteiger partial charge in [0.15, 0.2) is 0 Å². The number of hydrogen-bond acceptors (Lipinski definition) is 2. The van der Waals surface area contributed by atoms with E-state index < -0.39 is 0 Å². The lowest BCUT2D eigenvalue weighted by atomic mass is 9.89. The summed E-state index contributed by atoms with van der Waals surface area (Å²) in [7, 11) is 1.69. The molecule has 0 aliphatic rings. The third-order valence-electron chi connectivity index (χ3n) is 3.55. The highest BCUT2D eigenvalue weighted by Crippen LogP contribution is 2.24. The second kappa shape index (κ2) is 6.39. The van der Waals surface area contributed by atoms with Gasteiger partial charge in [0, 0.05) is 5.92 Å². The topological polar surface area (TPSA) is 35.2 Å². The quantitative estimate of drug-likeness (QED) is 0.889. The number of benzene rings is 2. The lowest BCUT2D eigenvalue weighted by Crippen LogP contribution is -2.16. The fourth-order valence-corrected chi connectivity index (χ4v) is 2.41. The van der Waals surface area contributed by atoms with Crippen LogP contribution in [0.2, 0.25) is 0 Å². The molecule has 0 aliphatic heterocycles. The molecule has 0 spiro atoms. The van der Waals surface area contributed by atoms with Crippen molar-refractivity contribution in [2.24, 2.45) is 5.73 Å². The van der Waals surface area contributed by atoms with Crippen LogP contribution in [0.15, 0.2) is 48.5 Å².